The molecule has 0 atom stereocenters. The number of pyridine rings is 1. The molecule has 2 aromatic heterocycles. The van der Waals surface area contributed by atoms with Crippen LogP contribution in [0.5, 0.6) is 0 Å². The van der Waals surface area contributed by atoms with Gasteiger partial charge in [-0.2, -0.15) is 0 Å². The SMILES string of the molecule is O=c1c2ccc3ccccc3c2nc2ccccn12. The quantitative estimate of drug-likeness (QED) is 0.353. The van der Waals surface area contributed by atoms with Gasteiger partial charge in [0.1, 0.15) is 5.65 Å². The summed E-state index contributed by atoms with van der Waals surface area (Å²) in [6, 6.07) is 17.4. The first-order valence-corrected chi connectivity index (χ1v) is 6.13. The third kappa shape index (κ3) is 1.38. The van der Waals surface area contributed by atoms with Crippen molar-refractivity contribution in [2.75, 3.05) is 0 Å². The summed E-state index contributed by atoms with van der Waals surface area (Å²) in [4.78, 5) is 17.1. The van der Waals surface area contributed by atoms with Gasteiger partial charge in [-0.05, 0) is 23.6 Å². The maximum atomic E-state index is 12.5. The van der Waals surface area contributed by atoms with Crippen LogP contribution in [0.1, 0.15) is 0 Å². The van der Waals surface area contributed by atoms with E-state index in [1.54, 1.807) is 10.6 Å². The molecule has 3 heteroatoms. The van der Waals surface area contributed by atoms with Gasteiger partial charge in [-0.3, -0.25) is 9.20 Å². The van der Waals surface area contributed by atoms with Crippen LogP contribution in [0.2, 0.25) is 0 Å². The Kier molecular flexibility index (Phi) is 1.97. The molecule has 19 heavy (non-hydrogen) atoms. The second kappa shape index (κ2) is 3.65. The molecule has 0 aliphatic carbocycles. The standard InChI is InChI=1S/C16H10N2O/c19-16-13-9-8-11-5-1-2-6-12(11)15(13)17-14-7-3-4-10-18(14)16/h1-10H. The van der Waals surface area contributed by atoms with Crippen LogP contribution in [-0.2, 0) is 0 Å². The fourth-order valence-electron chi connectivity index (χ4n) is 2.49. The summed E-state index contributed by atoms with van der Waals surface area (Å²) in [5, 5.41) is 2.77. The molecule has 3 nitrogen and oxygen atoms in total. The van der Waals surface area contributed by atoms with Crippen molar-refractivity contribution in [1.82, 2.24) is 9.38 Å². The van der Waals surface area contributed by atoms with Crippen molar-refractivity contribution in [2.45, 2.75) is 0 Å². The highest BCUT2D eigenvalue weighted by molar-refractivity contribution is 6.05. The van der Waals surface area contributed by atoms with Crippen LogP contribution in [-0.4, -0.2) is 9.38 Å². The van der Waals surface area contributed by atoms with E-state index in [4.69, 9.17) is 0 Å². The lowest BCUT2D eigenvalue weighted by Crippen LogP contribution is -2.14. The zero-order valence-electron chi connectivity index (χ0n) is 10.1. The molecule has 0 saturated carbocycles. The molecule has 0 bridgehead atoms. The van der Waals surface area contributed by atoms with E-state index in [2.05, 4.69) is 4.98 Å². The molecule has 0 spiro atoms. The Labute approximate surface area is 108 Å². The van der Waals surface area contributed by atoms with Crippen LogP contribution < -0.4 is 5.56 Å². The minimum atomic E-state index is -0.0219. The van der Waals surface area contributed by atoms with E-state index in [0.717, 1.165) is 16.3 Å². The molecule has 0 radical (unpaired) electrons. The molecule has 0 aliphatic rings. The van der Waals surface area contributed by atoms with Crippen molar-refractivity contribution < 1.29 is 0 Å². The molecule has 4 aromatic rings. The van der Waals surface area contributed by atoms with Gasteiger partial charge in [-0.1, -0.05) is 36.4 Å². The highest BCUT2D eigenvalue weighted by Gasteiger charge is 2.07. The van der Waals surface area contributed by atoms with Crippen LogP contribution in [0.4, 0.5) is 0 Å². The molecular formula is C16H10N2O. The zero-order valence-corrected chi connectivity index (χ0v) is 10.1. The summed E-state index contributed by atoms with van der Waals surface area (Å²) in [6.45, 7) is 0. The lowest BCUT2D eigenvalue weighted by Gasteiger charge is -2.05. The minimum absolute atomic E-state index is 0.0219. The van der Waals surface area contributed by atoms with E-state index >= 15 is 0 Å². The largest absolute Gasteiger partial charge is 0.268 e. The first-order chi connectivity index (χ1) is 9.34. The predicted molar refractivity (Wildman–Crippen MR) is 76.5 cm³/mol. The summed E-state index contributed by atoms with van der Waals surface area (Å²) >= 11 is 0. The lowest BCUT2D eigenvalue weighted by atomic mass is 10.1. The van der Waals surface area contributed by atoms with Crippen LogP contribution in [0.3, 0.4) is 0 Å². The number of nitrogens with zero attached hydrogens (tertiary/aromatic N) is 2. The summed E-state index contributed by atoms with van der Waals surface area (Å²) < 4.78 is 1.58. The number of fused-ring (bicyclic) bond motifs is 4. The maximum Gasteiger partial charge on any atom is 0.265 e. The molecule has 0 fully saturated rings. The Morgan fingerprint density at radius 2 is 1.68 bits per heavy atom. The fourth-order valence-corrected chi connectivity index (χ4v) is 2.49. The van der Waals surface area contributed by atoms with Crippen molar-refractivity contribution in [2.24, 2.45) is 0 Å². The molecule has 0 aliphatic heterocycles. The summed E-state index contributed by atoms with van der Waals surface area (Å²) in [7, 11) is 0. The van der Waals surface area contributed by atoms with Gasteiger partial charge in [0.2, 0.25) is 0 Å². The van der Waals surface area contributed by atoms with Crippen LogP contribution >= 0.6 is 0 Å². The molecular weight excluding hydrogens is 236 g/mol. The van der Waals surface area contributed by atoms with Gasteiger partial charge in [0.05, 0.1) is 10.9 Å². The molecule has 2 aromatic carbocycles. The van der Waals surface area contributed by atoms with Gasteiger partial charge in [-0.15, -0.1) is 0 Å². The Morgan fingerprint density at radius 1 is 0.842 bits per heavy atom. The van der Waals surface area contributed by atoms with Crippen LogP contribution in [0.15, 0.2) is 65.6 Å². The topological polar surface area (TPSA) is 34.4 Å². The van der Waals surface area contributed by atoms with Gasteiger partial charge in [0.15, 0.2) is 0 Å². The predicted octanol–water partition coefficient (Wildman–Crippen LogP) is 3.00. The normalized spacial score (nSPS) is 11.4. The van der Waals surface area contributed by atoms with Crippen LogP contribution in [0.25, 0.3) is 27.3 Å². The maximum absolute atomic E-state index is 12.5. The molecule has 0 amide bonds. The fraction of sp³-hybridized carbons (Fsp3) is 0. The van der Waals surface area contributed by atoms with E-state index < -0.39 is 0 Å². The Morgan fingerprint density at radius 3 is 2.63 bits per heavy atom. The second-order valence-electron chi connectivity index (χ2n) is 4.53. The van der Waals surface area contributed by atoms with E-state index in [1.165, 1.54) is 0 Å². The minimum Gasteiger partial charge on any atom is -0.268 e. The van der Waals surface area contributed by atoms with E-state index in [1.807, 2.05) is 54.6 Å². The number of hydrogen-bond donors (Lipinski definition) is 0. The number of hydrogen-bond acceptors (Lipinski definition) is 2. The second-order valence-corrected chi connectivity index (χ2v) is 4.53. The van der Waals surface area contributed by atoms with Crippen molar-refractivity contribution in [1.29, 1.82) is 0 Å². The number of benzene rings is 2. The van der Waals surface area contributed by atoms with E-state index in [9.17, 15) is 4.79 Å². The first kappa shape index (κ1) is 10.3. The first-order valence-electron chi connectivity index (χ1n) is 6.13. The summed E-state index contributed by atoms with van der Waals surface area (Å²) in [5.74, 6) is 0. The molecule has 4 rings (SSSR count). The van der Waals surface area contributed by atoms with Gasteiger partial charge in [-0.25, -0.2) is 4.98 Å². The van der Waals surface area contributed by atoms with E-state index in [0.29, 0.717) is 11.0 Å². The zero-order chi connectivity index (χ0) is 12.8. The number of aromatic nitrogens is 2. The van der Waals surface area contributed by atoms with Crippen molar-refractivity contribution >= 4 is 27.3 Å². The molecule has 90 valence electrons. The molecule has 2 heterocycles. The summed E-state index contributed by atoms with van der Waals surface area (Å²) in [6.07, 6.45) is 1.75. The van der Waals surface area contributed by atoms with Crippen molar-refractivity contribution in [3.05, 3.63) is 71.1 Å². The van der Waals surface area contributed by atoms with Gasteiger partial charge in [0.25, 0.3) is 5.56 Å². The summed E-state index contributed by atoms with van der Waals surface area (Å²) in [5.41, 5.74) is 1.43. The highest BCUT2D eigenvalue weighted by atomic mass is 16.1. The monoisotopic (exact) mass is 246 g/mol. The smallest absolute Gasteiger partial charge is 0.265 e. The number of rotatable bonds is 0. The average molecular weight is 246 g/mol. The van der Waals surface area contributed by atoms with Crippen molar-refractivity contribution in [3.8, 4) is 0 Å². The van der Waals surface area contributed by atoms with Crippen molar-refractivity contribution in [3.63, 3.8) is 0 Å². The Balaban J connectivity index is 2.36. The average Bonchev–Trinajstić information content (AvgIpc) is 2.47. The lowest BCUT2D eigenvalue weighted by molar-refractivity contribution is 1.08. The molecule has 0 saturated heterocycles. The molecule has 0 unspecified atom stereocenters. The third-order valence-corrected chi connectivity index (χ3v) is 3.41. The van der Waals surface area contributed by atoms with Crippen LogP contribution in [0, 0.1) is 0 Å². The Hall–Kier alpha value is -2.68. The van der Waals surface area contributed by atoms with Gasteiger partial charge >= 0.3 is 0 Å². The molecule has 0 N–H and O–H groups in total. The van der Waals surface area contributed by atoms with E-state index in [-0.39, 0.29) is 5.56 Å². The highest BCUT2D eigenvalue weighted by Crippen LogP contribution is 2.21. The van der Waals surface area contributed by atoms with Gasteiger partial charge in [0, 0.05) is 11.6 Å². The Bertz CT molecular complexity index is 986. The third-order valence-electron chi connectivity index (χ3n) is 3.41. The van der Waals surface area contributed by atoms with Gasteiger partial charge < -0.3 is 0 Å².